The van der Waals surface area contributed by atoms with Crippen LogP contribution in [0, 0.1) is 5.92 Å². The molecule has 3 aliphatic rings. The number of hydrogen-bond donors (Lipinski definition) is 2. The Morgan fingerprint density at radius 2 is 1.94 bits per heavy atom. The van der Waals surface area contributed by atoms with E-state index >= 15 is 0 Å². The molecule has 9 heteroatoms. The number of carbonyl (C=O) groups excluding carboxylic acids is 1. The molecule has 0 radical (unpaired) electrons. The lowest BCUT2D eigenvalue weighted by molar-refractivity contribution is -0.135. The lowest BCUT2D eigenvalue weighted by atomic mass is 10.0. The Labute approximate surface area is 198 Å². The molecule has 5 rings (SSSR count). The third kappa shape index (κ3) is 4.40. The molecule has 2 aromatic heterocycles. The lowest BCUT2D eigenvalue weighted by Crippen LogP contribution is -2.56. The first-order valence-electron chi connectivity index (χ1n) is 11.9. The van der Waals surface area contributed by atoms with Gasteiger partial charge < -0.3 is 20.0 Å². The number of aromatic nitrogens is 3. The van der Waals surface area contributed by atoms with Crippen molar-refractivity contribution in [3.05, 3.63) is 42.0 Å². The van der Waals surface area contributed by atoms with E-state index in [-0.39, 0.29) is 36.5 Å². The molecule has 0 unspecified atom stereocenters. The molecule has 1 aliphatic heterocycles. The minimum Gasteiger partial charge on any atom is -0.478 e. The van der Waals surface area contributed by atoms with E-state index in [9.17, 15) is 19.8 Å². The van der Waals surface area contributed by atoms with Gasteiger partial charge in [0.2, 0.25) is 5.91 Å². The summed E-state index contributed by atoms with van der Waals surface area (Å²) in [6, 6.07) is 3.51. The van der Waals surface area contributed by atoms with E-state index in [1.165, 1.54) is 6.33 Å². The lowest BCUT2D eigenvalue weighted by Gasteiger charge is -2.42. The van der Waals surface area contributed by atoms with Gasteiger partial charge in [0.15, 0.2) is 0 Å². The Hall–Kier alpha value is -3.33. The summed E-state index contributed by atoms with van der Waals surface area (Å²) in [6.07, 6.45) is 7.36. The van der Waals surface area contributed by atoms with E-state index in [1.807, 2.05) is 9.80 Å². The van der Waals surface area contributed by atoms with Gasteiger partial charge >= 0.3 is 5.97 Å². The third-order valence-electron chi connectivity index (χ3n) is 6.93. The van der Waals surface area contributed by atoms with Crippen molar-refractivity contribution in [3.63, 3.8) is 0 Å². The fraction of sp³-hybridized carbons (Fsp3) is 0.480. The van der Waals surface area contributed by atoms with Crippen LogP contribution in [-0.4, -0.2) is 74.2 Å². The predicted molar refractivity (Wildman–Crippen MR) is 126 cm³/mol. The first-order valence-corrected chi connectivity index (χ1v) is 11.9. The summed E-state index contributed by atoms with van der Waals surface area (Å²) in [7, 11) is 0. The molecule has 178 valence electrons. The second-order valence-electron chi connectivity index (χ2n) is 9.32. The van der Waals surface area contributed by atoms with E-state index < -0.39 is 5.97 Å². The Morgan fingerprint density at radius 3 is 2.59 bits per heavy atom. The number of rotatable bonds is 8. The quantitative estimate of drug-likeness (QED) is 0.613. The van der Waals surface area contributed by atoms with Crippen molar-refractivity contribution < 1.29 is 19.8 Å². The van der Waals surface area contributed by atoms with Crippen LogP contribution in [0.1, 0.15) is 59.8 Å². The number of aromatic carboxylic acids is 1. The van der Waals surface area contributed by atoms with Gasteiger partial charge in [0.1, 0.15) is 17.7 Å². The molecule has 1 saturated heterocycles. The number of piperazine rings is 1. The van der Waals surface area contributed by atoms with Crippen molar-refractivity contribution in [2.75, 3.05) is 31.1 Å². The van der Waals surface area contributed by atoms with Crippen LogP contribution in [0.15, 0.2) is 25.0 Å². The third-order valence-corrected chi connectivity index (χ3v) is 6.93. The standard InChI is InChI=1S/C25H29N5O4/c1-2-17-11-20(27-14-26-17)18-12-19(25(33)34)24(28-23(18)16-5-6-16)29-8-9-30(22(32)7-10-31)21(13-29)15-3-4-15/h2,11-12,14-16,21,31H,1,3-10,13H2,(H,33,34)/t21-/m0/s1. The second-order valence-corrected chi connectivity index (χ2v) is 9.32. The topological polar surface area (TPSA) is 120 Å². The molecule has 3 heterocycles. The Balaban J connectivity index is 1.53. The number of nitrogens with zero attached hydrogens (tertiary/aromatic N) is 5. The van der Waals surface area contributed by atoms with Gasteiger partial charge in [-0.1, -0.05) is 6.58 Å². The van der Waals surface area contributed by atoms with Crippen molar-refractivity contribution in [1.29, 1.82) is 0 Å². The van der Waals surface area contributed by atoms with E-state index in [4.69, 9.17) is 4.98 Å². The molecular weight excluding hydrogens is 434 g/mol. The summed E-state index contributed by atoms with van der Waals surface area (Å²) < 4.78 is 0. The number of aliphatic hydroxyl groups is 1. The monoisotopic (exact) mass is 463 g/mol. The predicted octanol–water partition coefficient (Wildman–Crippen LogP) is 2.57. The highest BCUT2D eigenvalue weighted by atomic mass is 16.4. The van der Waals surface area contributed by atoms with Gasteiger partial charge in [-0.2, -0.15) is 0 Å². The highest BCUT2D eigenvalue weighted by molar-refractivity contribution is 5.95. The molecule has 0 bridgehead atoms. The molecule has 2 aliphatic carbocycles. The SMILES string of the molecule is C=Cc1cc(-c2cc(C(=O)O)c(N3CCN(C(=O)CCO)[C@H](C4CC4)C3)nc2C2CC2)ncn1. The van der Waals surface area contributed by atoms with Crippen LogP contribution in [0.4, 0.5) is 5.82 Å². The minimum atomic E-state index is -1.04. The van der Waals surface area contributed by atoms with Crippen LogP contribution in [0.3, 0.4) is 0 Å². The maximum Gasteiger partial charge on any atom is 0.339 e. The molecule has 3 fully saturated rings. The van der Waals surface area contributed by atoms with Crippen molar-refractivity contribution >= 4 is 23.8 Å². The van der Waals surface area contributed by atoms with E-state index in [0.717, 1.165) is 36.9 Å². The number of anilines is 1. The summed E-state index contributed by atoms with van der Waals surface area (Å²) in [5, 5.41) is 19.3. The normalized spacial score (nSPS) is 20.3. The second kappa shape index (κ2) is 9.13. The number of carbonyl (C=O) groups is 2. The molecule has 2 aromatic rings. The van der Waals surface area contributed by atoms with Crippen LogP contribution in [-0.2, 0) is 4.79 Å². The molecule has 2 saturated carbocycles. The van der Waals surface area contributed by atoms with Crippen molar-refractivity contribution in [3.8, 4) is 11.3 Å². The highest BCUT2D eigenvalue weighted by Gasteiger charge is 2.42. The van der Waals surface area contributed by atoms with E-state index in [1.54, 1.807) is 18.2 Å². The summed E-state index contributed by atoms with van der Waals surface area (Å²) in [5.74, 6) is 0.0906. The summed E-state index contributed by atoms with van der Waals surface area (Å²) in [6.45, 7) is 5.15. The van der Waals surface area contributed by atoms with Crippen molar-refractivity contribution in [1.82, 2.24) is 19.9 Å². The van der Waals surface area contributed by atoms with Gasteiger partial charge in [0, 0.05) is 37.5 Å². The van der Waals surface area contributed by atoms with Crippen molar-refractivity contribution in [2.24, 2.45) is 5.92 Å². The summed E-state index contributed by atoms with van der Waals surface area (Å²) in [5.41, 5.74) is 3.05. The fourth-order valence-electron chi connectivity index (χ4n) is 4.86. The molecule has 9 nitrogen and oxygen atoms in total. The number of amides is 1. The Morgan fingerprint density at radius 1 is 1.15 bits per heavy atom. The first-order chi connectivity index (χ1) is 16.5. The van der Waals surface area contributed by atoms with Crippen molar-refractivity contribution in [2.45, 2.75) is 44.1 Å². The van der Waals surface area contributed by atoms with E-state index in [2.05, 4.69) is 16.5 Å². The van der Waals surface area contributed by atoms with Crippen LogP contribution in [0.5, 0.6) is 0 Å². The van der Waals surface area contributed by atoms with Crippen LogP contribution in [0.2, 0.25) is 0 Å². The van der Waals surface area contributed by atoms with Gasteiger partial charge in [-0.05, 0) is 49.8 Å². The number of carboxylic acids is 1. The first kappa shape index (κ1) is 22.5. The number of aliphatic hydroxyl groups excluding tert-OH is 1. The molecular formula is C25H29N5O4. The average molecular weight is 464 g/mol. The Kier molecular flexibility index (Phi) is 6.03. The maximum absolute atomic E-state index is 12.6. The summed E-state index contributed by atoms with van der Waals surface area (Å²) >= 11 is 0. The number of pyridine rings is 1. The highest BCUT2D eigenvalue weighted by Crippen LogP contribution is 2.45. The van der Waals surface area contributed by atoms with Crippen LogP contribution in [0.25, 0.3) is 17.3 Å². The van der Waals surface area contributed by atoms with Gasteiger partial charge in [-0.15, -0.1) is 0 Å². The molecule has 0 aromatic carbocycles. The largest absolute Gasteiger partial charge is 0.478 e. The van der Waals surface area contributed by atoms with Gasteiger partial charge in [0.25, 0.3) is 0 Å². The number of hydrogen-bond acceptors (Lipinski definition) is 7. The van der Waals surface area contributed by atoms with E-state index in [0.29, 0.717) is 42.8 Å². The van der Waals surface area contributed by atoms with Crippen LogP contribution >= 0.6 is 0 Å². The minimum absolute atomic E-state index is 0.0114. The molecule has 1 amide bonds. The summed E-state index contributed by atoms with van der Waals surface area (Å²) in [4.78, 5) is 42.3. The maximum atomic E-state index is 12.6. The Bertz CT molecular complexity index is 1130. The zero-order valence-electron chi connectivity index (χ0n) is 19.1. The molecule has 2 N–H and O–H groups in total. The van der Waals surface area contributed by atoms with Gasteiger partial charge in [-0.25, -0.2) is 19.7 Å². The smallest absolute Gasteiger partial charge is 0.339 e. The molecule has 0 spiro atoms. The number of carboxylic acid groups (broad SMARTS) is 1. The zero-order chi connectivity index (χ0) is 23.8. The van der Waals surface area contributed by atoms with Crippen LogP contribution < -0.4 is 4.90 Å². The van der Waals surface area contributed by atoms with Gasteiger partial charge in [-0.3, -0.25) is 4.79 Å². The zero-order valence-corrected chi connectivity index (χ0v) is 19.1. The average Bonchev–Trinajstić information content (AvgIpc) is 3.76. The van der Waals surface area contributed by atoms with Gasteiger partial charge in [0.05, 0.1) is 29.7 Å². The molecule has 34 heavy (non-hydrogen) atoms. The fourth-order valence-corrected chi connectivity index (χ4v) is 4.86. The molecule has 1 atom stereocenters.